The number of fused-ring (bicyclic) bond motifs is 1. The molecule has 1 aromatic carbocycles. The largest absolute Gasteiger partial charge is 0.478 e. The molecule has 0 aliphatic heterocycles. The van der Waals surface area contributed by atoms with Gasteiger partial charge < -0.3 is 15.8 Å². The van der Waals surface area contributed by atoms with Crippen molar-refractivity contribution in [1.29, 1.82) is 0 Å². The summed E-state index contributed by atoms with van der Waals surface area (Å²) in [6.45, 7) is 3.82. The van der Waals surface area contributed by atoms with Gasteiger partial charge in [0.1, 0.15) is 5.65 Å². The number of benzene rings is 1. The number of hydrogen-bond donors (Lipinski definition) is 3. The summed E-state index contributed by atoms with van der Waals surface area (Å²) in [4.78, 5) is 19.0. The van der Waals surface area contributed by atoms with E-state index in [1.54, 1.807) is 36.7 Å². The molecule has 0 radical (unpaired) electrons. The second-order valence-electron chi connectivity index (χ2n) is 6.30. The molecule has 3 aromatic rings. The molecule has 0 aliphatic carbocycles. The van der Waals surface area contributed by atoms with Crippen LogP contribution in [-0.2, 0) is 10.3 Å². The third kappa shape index (κ3) is 3.07. The smallest absolute Gasteiger partial charge is 0.336 e. The molecule has 2 heterocycles. The highest BCUT2D eigenvalue weighted by atomic mass is 16.4. The van der Waals surface area contributed by atoms with E-state index in [-0.39, 0.29) is 5.57 Å². The summed E-state index contributed by atoms with van der Waals surface area (Å²) in [5.74, 6) is -0.977. The SMILES string of the molecule is CC(C)(N)c1ccc(/C(=C/c2ccnc3[nH]ccc23)C(=O)O)cc1. The number of aliphatic carboxylic acids is 1. The monoisotopic (exact) mass is 321 g/mol. The molecule has 3 rings (SSSR count). The normalized spacial score (nSPS) is 12.5. The van der Waals surface area contributed by atoms with Gasteiger partial charge in [0, 0.05) is 23.3 Å². The zero-order chi connectivity index (χ0) is 17.3. The number of carbonyl (C=O) groups is 1. The van der Waals surface area contributed by atoms with Crippen LogP contribution in [0.25, 0.3) is 22.7 Å². The number of aromatic amines is 1. The minimum absolute atomic E-state index is 0.227. The number of nitrogens with zero attached hydrogens (tertiary/aromatic N) is 1. The molecule has 5 heteroatoms. The van der Waals surface area contributed by atoms with E-state index in [9.17, 15) is 9.90 Å². The number of carboxylic acid groups (broad SMARTS) is 1. The van der Waals surface area contributed by atoms with Gasteiger partial charge in [-0.2, -0.15) is 0 Å². The fourth-order valence-electron chi connectivity index (χ4n) is 2.61. The average molecular weight is 321 g/mol. The Morgan fingerprint density at radius 3 is 2.54 bits per heavy atom. The quantitative estimate of drug-likeness (QED) is 0.642. The Hall–Kier alpha value is -2.92. The van der Waals surface area contributed by atoms with Crippen molar-refractivity contribution < 1.29 is 9.90 Å². The average Bonchev–Trinajstić information content (AvgIpc) is 3.01. The fraction of sp³-hybridized carbons (Fsp3) is 0.158. The predicted molar refractivity (Wildman–Crippen MR) is 95.3 cm³/mol. The molecule has 5 nitrogen and oxygen atoms in total. The maximum atomic E-state index is 11.7. The van der Waals surface area contributed by atoms with Gasteiger partial charge in [0.15, 0.2) is 0 Å². The van der Waals surface area contributed by atoms with Crippen LogP contribution in [0.4, 0.5) is 0 Å². The van der Waals surface area contributed by atoms with E-state index in [1.807, 2.05) is 32.0 Å². The van der Waals surface area contributed by atoms with Crippen molar-refractivity contribution in [2.75, 3.05) is 0 Å². The van der Waals surface area contributed by atoms with E-state index in [2.05, 4.69) is 9.97 Å². The first-order valence-electron chi connectivity index (χ1n) is 7.63. The van der Waals surface area contributed by atoms with E-state index >= 15 is 0 Å². The van der Waals surface area contributed by atoms with Gasteiger partial charge in [-0.15, -0.1) is 0 Å². The van der Waals surface area contributed by atoms with Crippen LogP contribution in [0.3, 0.4) is 0 Å². The summed E-state index contributed by atoms with van der Waals surface area (Å²) >= 11 is 0. The minimum Gasteiger partial charge on any atom is -0.478 e. The summed E-state index contributed by atoms with van der Waals surface area (Å²) in [6.07, 6.45) is 5.11. The van der Waals surface area contributed by atoms with Gasteiger partial charge in [0.2, 0.25) is 0 Å². The molecule has 4 N–H and O–H groups in total. The summed E-state index contributed by atoms with van der Waals surface area (Å²) in [5, 5.41) is 10.5. The van der Waals surface area contributed by atoms with Crippen LogP contribution >= 0.6 is 0 Å². The maximum absolute atomic E-state index is 11.7. The lowest BCUT2D eigenvalue weighted by Crippen LogP contribution is -2.28. The highest BCUT2D eigenvalue weighted by Gasteiger charge is 2.16. The molecular formula is C19H19N3O2. The molecule has 0 spiro atoms. The van der Waals surface area contributed by atoms with Crippen molar-refractivity contribution in [3.05, 3.63) is 65.5 Å². The minimum atomic E-state index is -0.977. The van der Waals surface area contributed by atoms with Gasteiger partial charge in [-0.1, -0.05) is 24.3 Å². The van der Waals surface area contributed by atoms with Crippen LogP contribution in [0, 0.1) is 0 Å². The van der Waals surface area contributed by atoms with Crippen LogP contribution in [0.2, 0.25) is 0 Å². The lowest BCUT2D eigenvalue weighted by Gasteiger charge is -2.19. The summed E-state index contributed by atoms with van der Waals surface area (Å²) < 4.78 is 0. The molecule has 0 fully saturated rings. The van der Waals surface area contributed by atoms with Gasteiger partial charge in [-0.25, -0.2) is 9.78 Å². The molecule has 0 saturated heterocycles. The zero-order valence-electron chi connectivity index (χ0n) is 13.6. The number of nitrogens with one attached hydrogen (secondary N) is 1. The second-order valence-corrected chi connectivity index (χ2v) is 6.30. The van der Waals surface area contributed by atoms with Crippen molar-refractivity contribution >= 4 is 28.7 Å². The number of nitrogens with two attached hydrogens (primary N) is 1. The van der Waals surface area contributed by atoms with E-state index in [4.69, 9.17) is 5.73 Å². The molecular weight excluding hydrogens is 302 g/mol. The van der Waals surface area contributed by atoms with Crippen molar-refractivity contribution in [1.82, 2.24) is 9.97 Å². The number of hydrogen-bond acceptors (Lipinski definition) is 3. The number of aromatic nitrogens is 2. The maximum Gasteiger partial charge on any atom is 0.336 e. The third-order valence-corrected chi connectivity index (χ3v) is 3.96. The highest BCUT2D eigenvalue weighted by molar-refractivity contribution is 6.21. The lowest BCUT2D eigenvalue weighted by molar-refractivity contribution is -0.130. The molecule has 2 aromatic heterocycles. The van der Waals surface area contributed by atoms with Crippen LogP contribution < -0.4 is 5.73 Å². The lowest BCUT2D eigenvalue weighted by atomic mass is 9.93. The Morgan fingerprint density at radius 1 is 1.21 bits per heavy atom. The Labute approximate surface area is 139 Å². The number of H-pyrrole nitrogens is 1. The van der Waals surface area contributed by atoms with Gasteiger partial charge >= 0.3 is 5.97 Å². The Kier molecular flexibility index (Phi) is 3.95. The molecule has 0 amide bonds. The van der Waals surface area contributed by atoms with E-state index in [1.165, 1.54) is 0 Å². The van der Waals surface area contributed by atoms with Crippen molar-refractivity contribution in [2.24, 2.45) is 5.73 Å². The van der Waals surface area contributed by atoms with Crippen molar-refractivity contribution in [3.63, 3.8) is 0 Å². The Bertz CT molecular complexity index is 916. The molecule has 0 bridgehead atoms. The molecule has 0 unspecified atom stereocenters. The van der Waals surface area contributed by atoms with Gasteiger partial charge in [0.25, 0.3) is 0 Å². The number of carboxylic acids is 1. The molecule has 0 atom stereocenters. The van der Waals surface area contributed by atoms with Crippen LogP contribution in [0.1, 0.15) is 30.5 Å². The number of pyridine rings is 1. The molecule has 24 heavy (non-hydrogen) atoms. The van der Waals surface area contributed by atoms with E-state index in [0.717, 1.165) is 22.2 Å². The van der Waals surface area contributed by atoms with Gasteiger partial charge in [0.05, 0.1) is 5.57 Å². The van der Waals surface area contributed by atoms with E-state index in [0.29, 0.717) is 5.56 Å². The highest BCUT2D eigenvalue weighted by Crippen LogP contribution is 2.25. The Balaban J connectivity index is 2.07. The summed E-state index contributed by atoms with van der Waals surface area (Å²) in [6, 6.07) is 11.0. The number of rotatable bonds is 4. The van der Waals surface area contributed by atoms with Gasteiger partial charge in [-0.05, 0) is 48.7 Å². The Morgan fingerprint density at radius 2 is 1.92 bits per heavy atom. The van der Waals surface area contributed by atoms with Crippen LogP contribution in [-0.4, -0.2) is 21.0 Å². The van der Waals surface area contributed by atoms with Crippen LogP contribution in [0.15, 0.2) is 48.8 Å². The standard InChI is InChI=1S/C19H19N3O2/c1-19(2,20)14-5-3-12(4-6-14)16(18(23)24)11-13-7-9-21-17-15(13)8-10-22-17/h3-11H,20H2,1-2H3,(H,21,22)(H,23,24)/b16-11-. The first-order valence-corrected chi connectivity index (χ1v) is 7.63. The zero-order valence-corrected chi connectivity index (χ0v) is 13.6. The first-order chi connectivity index (χ1) is 11.4. The van der Waals surface area contributed by atoms with Crippen molar-refractivity contribution in [3.8, 4) is 0 Å². The summed E-state index contributed by atoms with van der Waals surface area (Å²) in [7, 11) is 0. The topological polar surface area (TPSA) is 92.0 Å². The predicted octanol–water partition coefficient (Wildman–Crippen LogP) is 3.38. The van der Waals surface area contributed by atoms with Crippen LogP contribution in [0.5, 0.6) is 0 Å². The molecule has 0 aliphatic rings. The fourth-order valence-corrected chi connectivity index (χ4v) is 2.61. The molecule has 0 saturated carbocycles. The molecule has 122 valence electrons. The first kappa shape index (κ1) is 16.0. The van der Waals surface area contributed by atoms with Gasteiger partial charge in [-0.3, -0.25) is 0 Å². The third-order valence-electron chi connectivity index (χ3n) is 3.96. The van der Waals surface area contributed by atoms with E-state index < -0.39 is 11.5 Å². The van der Waals surface area contributed by atoms with Crippen molar-refractivity contribution in [2.45, 2.75) is 19.4 Å². The summed E-state index contributed by atoms with van der Waals surface area (Å²) in [5.41, 5.74) is 8.96. The second kappa shape index (κ2) is 5.94.